The highest BCUT2D eigenvalue weighted by Crippen LogP contribution is 2.43. The first-order chi connectivity index (χ1) is 13.2. The molecule has 0 atom stereocenters. The normalized spacial score (nSPS) is 11.2. The van der Waals surface area contributed by atoms with Crippen LogP contribution in [0.5, 0.6) is 17.2 Å². The van der Waals surface area contributed by atoms with Gasteiger partial charge in [0, 0.05) is 29.1 Å². The van der Waals surface area contributed by atoms with Crippen LogP contribution in [0.4, 0.5) is 0 Å². The van der Waals surface area contributed by atoms with Crippen molar-refractivity contribution in [3.63, 3.8) is 0 Å². The van der Waals surface area contributed by atoms with E-state index in [9.17, 15) is 5.11 Å². The summed E-state index contributed by atoms with van der Waals surface area (Å²) in [5.74, 6) is 1.88. The highest BCUT2D eigenvalue weighted by Gasteiger charge is 2.21. The predicted molar refractivity (Wildman–Crippen MR) is 109 cm³/mol. The molecule has 27 heavy (non-hydrogen) atoms. The van der Waals surface area contributed by atoms with Crippen molar-refractivity contribution in [2.45, 2.75) is 19.9 Å². The second-order valence-electron chi connectivity index (χ2n) is 6.61. The molecule has 0 saturated carbocycles. The Balaban J connectivity index is 2.12. The average molecular weight is 361 g/mol. The molecule has 1 N–H and O–H groups in total. The molecule has 0 amide bonds. The molecule has 0 bridgehead atoms. The molecule has 4 heteroatoms. The van der Waals surface area contributed by atoms with E-state index in [-0.39, 0.29) is 5.75 Å². The fourth-order valence-corrected chi connectivity index (χ4v) is 3.90. The maximum absolute atomic E-state index is 10.1. The molecule has 0 aliphatic carbocycles. The smallest absolute Gasteiger partial charge is 0.135 e. The number of nitrogens with zero attached hydrogens (tertiary/aromatic N) is 1. The number of benzene rings is 3. The van der Waals surface area contributed by atoms with Gasteiger partial charge < -0.3 is 19.1 Å². The molecule has 0 saturated heterocycles. The summed E-state index contributed by atoms with van der Waals surface area (Å²) in [6.45, 7) is 2.82. The first kappa shape index (κ1) is 17.3. The van der Waals surface area contributed by atoms with E-state index in [0.717, 1.165) is 51.8 Å². The third-order valence-electron chi connectivity index (χ3n) is 5.11. The molecule has 0 unspecified atom stereocenters. The van der Waals surface area contributed by atoms with Crippen molar-refractivity contribution in [1.82, 2.24) is 4.57 Å². The van der Waals surface area contributed by atoms with Crippen LogP contribution in [0, 0.1) is 0 Å². The van der Waals surface area contributed by atoms with Gasteiger partial charge >= 0.3 is 0 Å². The first-order valence-electron chi connectivity index (χ1n) is 9.10. The van der Waals surface area contributed by atoms with E-state index >= 15 is 0 Å². The lowest BCUT2D eigenvalue weighted by molar-refractivity contribution is 0.390. The topological polar surface area (TPSA) is 43.6 Å². The molecule has 4 rings (SSSR count). The molecule has 0 radical (unpaired) electrons. The van der Waals surface area contributed by atoms with Crippen LogP contribution in [0.25, 0.3) is 21.8 Å². The molecule has 0 spiro atoms. The van der Waals surface area contributed by atoms with Gasteiger partial charge in [0.1, 0.15) is 17.2 Å². The fraction of sp³-hybridized carbons (Fsp3) is 0.217. The van der Waals surface area contributed by atoms with Gasteiger partial charge in [-0.05, 0) is 30.2 Å². The van der Waals surface area contributed by atoms with Gasteiger partial charge in [0.15, 0.2) is 0 Å². The molecule has 1 aromatic heterocycles. The van der Waals surface area contributed by atoms with E-state index in [4.69, 9.17) is 9.47 Å². The Morgan fingerprint density at radius 3 is 2.37 bits per heavy atom. The third kappa shape index (κ3) is 2.78. The highest BCUT2D eigenvalue weighted by atomic mass is 16.5. The second-order valence-corrected chi connectivity index (χ2v) is 6.61. The summed E-state index contributed by atoms with van der Waals surface area (Å²) >= 11 is 0. The molecule has 4 aromatic rings. The highest BCUT2D eigenvalue weighted by molar-refractivity contribution is 6.12. The molecule has 3 aromatic carbocycles. The number of phenols is 1. The molecular formula is C23H23NO3. The third-order valence-corrected chi connectivity index (χ3v) is 5.11. The van der Waals surface area contributed by atoms with Gasteiger partial charge in [0.2, 0.25) is 0 Å². The number of hydrogen-bond donors (Lipinski definition) is 1. The zero-order valence-corrected chi connectivity index (χ0v) is 15.8. The summed E-state index contributed by atoms with van der Waals surface area (Å²) in [5.41, 5.74) is 4.34. The van der Waals surface area contributed by atoms with Gasteiger partial charge in [-0.2, -0.15) is 0 Å². The van der Waals surface area contributed by atoms with E-state index in [2.05, 4.69) is 29.7 Å². The van der Waals surface area contributed by atoms with Gasteiger partial charge in [-0.1, -0.05) is 37.3 Å². The standard InChI is InChI=1S/C23H23NO3/c1-4-17-21(26-2)13-20-22(23(17)27-3)18-12-16(25)10-11-19(18)24(20)14-15-8-6-5-7-9-15/h5-13,25H,4,14H2,1-3H3. The molecular weight excluding hydrogens is 338 g/mol. The van der Waals surface area contributed by atoms with Crippen LogP contribution in [0.2, 0.25) is 0 Å². The number of aromatic hydroxyl groups is 1. The number of phenolic OH excluding ortho intramolecular Hbond substituents is 1. The Bertz CT molecular complexity index is 1110. The summed E-state index contributed by atoms with van der Waals surface area (Å²) in [5, 5.41) is 12.1. The predicted octanol–water partition coefficient (Wildman–Crippen LogP) is 5.13. The molecule has 1 heterocycles. The van der Waals surface area contributed by atoms with Crippen molar-refractivity contribution in [3.05, 3.63) is 65.7 Å². The first-order valence-corrected chi connectivity index (χ1v) is 9.10. The number of aromatic nitrogens is 1. The van der Waals surface area contributed by atoms with Gasteiger partial charge in [-0.25, -0.2) is 0 Å². The Kier molecular flexibility index (Phi) is 4.40. The van der Waals surface area contributed by atoms with Gasteiger partial charge in [-0.15, -0.1) is 0 Å². The lowest BCUT2D eigenvalue weighted by Crippen LogP contribution is -2.01. The Morgan fingerprint density at radius 2 is 1.70 bits per heavy atom. The van der Waals surface area contributed by atoms with Gasteiger partial charge in [0.25, 0.3) is 0 Å². The van der Waals surface area contributed by atoms with Crippen molar-refractivity contribution in [2.24, 2.45) is 0 Å². The summed E-state index contributed by atoms with van der Waals surface area (Å²) < 4.78 is 13.8. The monoisotopic (exact) mass is 361 g/mol. The fourth-order valence-electron chi connectivity index (χ4n) is 3.90. The van der Waals surface area contributed by atoms with Crippen LogP contribution in [-0.2, 0) is 13.0 Å². The quantitative estimate of drug-likeness (QED) is 0.536. The Morgan fingerprint density at radius 1 is 0.926 bits per heavy atom. The minimum Gasteiger partial charge on any atom is -0.508 e. The van der Waals surface area contributed by atoms with E-state index in [1.807, 2.05) is 30.3 Å². The van der Waals surface area contributed by atoms with Gasteiger partial charge in [-0.3, -0.25) is 0 Å². The van der Waals surface area contributed by atoms with Crippen LogP contribution in [-0.4, -0.2) is 23.9 Å². The summed E-state index contributed by atoms with van der Waals surface area (Å²) in [4.78, 5) is 0. The second kappa shape index (κ2) is 6.88. The van der Waals surface area contributed by atoms with E-state index in [1.165, 1.54) is 5.56 Å². The van der Waals surface area contributed by atoms with Crippen LogP contribution in [0.15, 0.2) is 54.6 Å². The van der Waals surface area contributed by atoms with Crippen molar-refractivity contribution in [1.29, 1.82) is 0 Å². The Labute approximate surface area is 158 Å². The van der Waals surface area contributed by atoms with Crippen LogP contribution in [0.3, 0.4) is 0 Å². The molecule has 0 aliphatic rings. The van der Waals surface area contributed by atoms with Crippen molar-refractivity contribution in [3.8, 4) is 17.2 Å². The van der Waals surface area contributed by atoms with Crippen LogP contribution in [0.1, 0.15) is 18.1 Å². The maximum Gasteiger partial charge on any atom is 0.135 e. The lowest BCUT2D eigenvalue weighted by Gasteiger charge is -2.15. The molecule has 0 aliphatic heterocycles. The Hall–Kier alpha value is -3.14. The minimum atomic E-state index is 0.247. The minimum absolute atomic E-state index is 0.247. The number of methoxy groups -OCH3 is 2. The van der Waals surface area contributed by atoms with E-state index < -0.39 is 0 Å². The van der Waals surface area contributed by atoms with E-state index in [0.29, 0.717) is 0 Å². The van der Waals surface area contributed by atoms with Crippen molar-refractivity contribution in [2.75, 3.05) is 14.2 Å². The zero-order valence-electron chi connectivity index (χ0n) is 15.8. The number of rotatable bonds is 5. The van der Waals surface area contributed by atoms with Gasteiger partial charge in [0.05, 0.1) is 25.1 Å². The molecule has 4 nitrogen and oxygen atoms in total. The van der Waals surface area contributed by atoms with Crippen LogP contribution < -0.4 is 9.47 Å². The SMILES string of the molecule is CCc1c(OC)cc2c(c1OC)c1cc(O)ccc1n2Cc1ccccc1. The maximum atomic E-state index is 10.1. The number of ether oxygens (including phenoxy) is 2. The lowest BCUT2D eigenvalue weighted by atomic mass is 10.0. The van der Waals surface area contributed by atoms with E-state index in [1.54, 1.807) is 20.3 Å². The van der Waals surface area contributed by atoms with Crippen LogP contribution >= 0.6 is 0 Å². The number of fused-ring (bicyclic) bond motifs is 3. The summed E-state index contributed by atoms with van der Waals surface area (Å²) in [6, 6.07) is 17.9. The largest absolute Gasteiger partial charge is 0.508 e. The molecule has 138 valence electrons. The van der Waals surface area contributed by atoms with Crippen molar-refractivity contribution >= 4 is 21.8 Å². The summed E-state index contributed by atoms with van der Waals surface area (Å²) in [7, 11) is 3.38. The summed E-state index contributed by atoms with van der Waals surface area (Å²) in [6.07, 6.45) is 0.798. The number of hydrogen-bond acceptors (Lipinski definition) is 3. The molecule has 0 fully saturated rings. The van der Waals surface area contributed by atoms with Crippen molar-refractivity contribution < 1.29 is 14.6 Å². The average Bonchev–Trinajstić information content (AvgIpc) is 2.99. The zero-order chi connectivity index (χ0) is 19.0.